The van der Waals surface area contributed by atoms with E-state index in [0.717, 1.165) is 23.1 Å². The zero-order valence-electron chi connectivity index (χ0n) is 14.1. The molecular formula is C20H21FN2O. The first kappa shape index (κ1) is 16.2. The summed E-state index contributed by atoms with van der Waals surface area (Å²) in [7, 11) is 0. The quantitative estimate of drug-likeness (QED) is 0.712. The van der Waals surface area contributed by atoms with Crippen molar-refractivity contribution in [2.75, 3.05) is 5.32 Å². The number of aryl methyl sites for hydroxylation is 1. The Morgan fingerprint density at radius 2 is 1.88 bits per heavy atom. The van der Waals surface area contributed by atoms with Gasteiger partial charge in [-0.2, -0.15) is 0 Å². The number of hydrogen-bond donors (Lipinski definition) is 2. The zero-order chi connectivity index (χ0) is 17.3. The van der Waals surface area contributed by atoms with Crippen LogP contribution in [0.3, 0.4) is 0 Å². The van der Waals surface area contributed by atoms with Gasteiger partial charge in [0.05, 0.1) is 5.41 Å². The van der Waals surface area contributed by atoms with Gasteiger partial charge >= 0.3 is 0 Å². The molecule has 4 heteroatoms. The highest BCUT2D eigenvalue weighted by Gasteiger charge is 2.32. The second kappa shape index (κ2) is 6.11. The third kappa shape index (κ3) is 2.92. The molecule has 0 aliphatic carbocycles. The van der Waals surface area contributed by atoms with Crippen molar-refractivity contribution in [2.45, 2.75) is 32.6 Å². The van der Waals surface area contributed by atoms with E-state index in [4.69, 9.17) is 0 Å². The third-order valence-electron chi connectivity index (χ3n) is 4.50. The topological polar surface area (TPSA) is 44.9 Å². The number of fused-ring (bicyclic) bond motifs is 1. The minimum absolute atomic E-state index is 0.100. The fourth-order valence-electron chi connectivity index (χ4n) is 2.85. The number of halogens is 1. The zero-order valence-corrected chi connectivity index (χ0v) is 14.1. The molecule has 0 saturated heterocycles. The molecule has 0 fully saturated rings. The number of nitrogens with one attached hydrogen (secondary N) is 2. The summed E-state index contributed by atoms with van der Waals surface area (Å²) in [5, 5.41) is 3.83. The van der Waals surface area contributed by atoms with Crippen LogP contribution >= 0.6 is 0 Å². The largest absolute Gasteiger partial charge is 0.361 e. The van der Waals surface area contributed by atoms with E-state index in [-0.39, 0.29) is 11.7 Å². The SMILES string of the molecule is CCc1ccc(NC(=O)C(C)(C)c2c[nH]c3cc(F)ccc23)cc1. The fourth-order valence-corrected chi connectivity index (χ4v) is 2.85. The Morgan fingerprint density at radius 1 is 1.17 bits per heavy atom. The van der Waals surface area contributed by atoms with Crippen LogP contribution < -0.4 is 5.32 Å². The first-order valence-electron chi connectivity index (χ1n) is 8.09. The summed E-state index contributed by atoms with van der Waals surface area (Å²) in [4.78, 5) is 15.8. The molecule has 1 amide bonds. The molecule has 3 aromatic rings. The van der Waals surface area contributed by atoms with Gasteiger partial charge in [-0.1, -0.05) is 19.1 Å². The molecule has 0 bridgehead atoms. The van der Waals surface area contributed by atoms with Gasteiger partial charge in [-0.15, -0.1) is 0 Å². The summed E-state index contributed by atoms with van der Waals surface area (Å²) >= 11 is 0. The molecular weight excluding hydrogens is 303 g/mol. The lowest BCUT2D eigenvalue weighted by atomic mass is 9.83. The molecule has 2 aromatic carbocycles. The lowest BCUT2D eigenvalue weighted by Gasteiger charge is -2.23. The second-order valence-electron chi connectivity index (χ2n) is 6.52. The van der Waals surface area contributed by atoms with Gasteiger partial charge in [-0.3, -0.25) is 4.79 Å². The summed E-state index contributed by atoms with van der Waals surface area (Å²) < 4.78 is 13.4. The summed E-state index contributed by atoms with van der Waals surface area (Å²) in [6.45, 7) is 5.83. The van der Waals surface area contributed by atoms with Crippen LogP contribution in [0.15, 0.2) is 48.7 Å². The van der Waals surface area contributed by atoms with Crippen molar-refractivity contribution in [1.29, 1.82) is 0 Å². The molecule has 0 saturated carbocycles. The summed E-state index contributed by atoms with van der Waals surface area (Å²) in [5.41, 5.74) is 2.79. The Hall–Kier alpha value is -2.62. The van der Waals surface area contributed by atoms with Gasteiger partial charge < -0.3 is 10.3 Å². The van der Waals surface area contributed by atoms with Crippen molar-refractivity contribution in [1.82, 2.24) is 4.98 Å². The maximum Gasteiger partial charge on any atom is 0.234 e. The number of amides is 1. The normalized spacial score (nSPS) is 11.7. The monoisotopic (exact) mass is 324 g/mol. The van der Waals surface area contributed by atoms with E-state index in [2.05, 4.69) is 17.2 Å². The van der Waals surface area contributed by atoms with Crippen LogP contribution in [0.5, 0.6) is 0 Å². The van der Waals surface area contributed by atoms with Crippen LogP contribution in [0.4, 0.5) is 10.1 Å². The molecule has 0 aliphatic heterocycles. The molecule has 0 radical (unpaired) electrons. The molecule has 0 atom stereocenters. The van der Waals surface area contributed by atoms with E-state index in [1.165, 1.54) is 17.7 Å². The maximum atomic E-state index is 13.4. The molecule has 0 unspecified atom stereocenters. The number of anilines is 1. The smallest absolute Gasteiger partial charge is 0.234 e. The van der Waals surface area contributed by atoms with Crippen LogP contribution in [0.1, 0.15) is 31.9 Å². The molecule has 0 spiro atoms. The highest BCUT2D eigenvalue weighted by Crippen LogP contribution is 2.32. The molecule has 24 heavy (non-hydrogen) atoms. The van der Waals surface area contributed by atoms with Crippen LogP contribution in [0.25, 0.3) is 10.9 Å². The summed E-state index contributed by atoms with van der Waals surface area (Å²) in [5.74, 6) is -0.397. The lowest BCUT2D eigenvalue weighted by molar-refractivity contribution is -0.120. The van der Waals surface area contributed by atoms with Crippen LogP contribution in [0, 0.1) is 5.82 Å². The van der Waals surface area contributed by atoms with Crippen molar-refractivity contribution in [3.8, 4) is 0 Å². The van der Waals surface area contributed by atoms with Gasteiger partial charge in [0, 0.05) is 22.8 Å². The Labute approximate surface area is 140 Å². The second-order valence-corrected chi connectivity index (χ2v) is 6.52. The number of carbonyl (C=O) groups is 1. The number of benzene rings is 2. The Kier molecular flexibility index (Phi) is 4.14. The fraction of sp³-hybridized carbons (Fsp3) is 0.250. The van der Waals surface area contributed by atoms with Gasteiger partial charge in [-0.25, -0.2) is 4.39 Å². The van der Waals surface area contributed by atoms with Gasteiger partial charge in [0.15, 0.2) is 0 Å². The minimum Gasteiger partial charge on any atom is -0.361 e. The first-order chi connectivity index (χ1) is 11.4. The molecule has 2 N–H and O–H groups in total. The van der Waals surface area contributed by atoms with E-state index < -0.39 is 5.41 Å². The van der Waals surface area contributed by atoms with Crippen LogP contribution in [-0.4, -0.2) is 10.9 Å². The van der Waals surface area contributed by atoms with Gasteiger partial charge in [0.1, 0.15) is 5.82 Å². The third-order valence-corrected chi connectivity index (χ3v) is 4.50. The van der Waals surface area contributed by atoms with Gasteiger partial charge in [-0.05, 0) is 61.7 Å². The number of hydrogen-bond acceptors (Lipinski definition) is 1. The van der Waals surface area contributed by atoms with Crippen molar-refractivity contribution >= 4 is 22.5 Å². The maximum absolute atomic E-state index is 13.4. The standard InChI is InChI=1S/C20H21FN2O/c1-4-13-5-8-15(9-6-13)23-19(24)20(2,3)17-12-22-18-11-14(21)7-10-16(17)18/h5-12,22H,4H2,1-3H3,(H,23,24). The minimum atomic E-state index is -0.750. The van der Waals surface area contributed by atoms with E-state index in [1.54, 1.807) is 12.3 Å². The molecule has 1 heterocycles. The highest BCUT2D eigenvalue weighted by atomic mass is 19.1. The Morgan fingerprint density at radius 3 is 2.54 bits per heavy atom. The van der Waals surface area contributed by atoms with Crippen molar-refractivity contribution < 1.29 is 9.18 Å². The number of rotatable bonds is 4. The predicted molar refractivity (Wildman–Crippen MR) is 95.7 cm³/mol. The average Bonchev–Trinajstić information content (AvgIpc) is 2.99. The molecule has 1 aromatic heterocycles. The Balaban J connectivity index is 1.88. The Bertz CT molecular complexity index is 878. The van der Waals surface area contributed by atoms with E-state index in [0.29, 0.717) is 5.52 Å². The first-order valence-corrected chi connectivity index (χ1v) is 8.09. The van der Waals surface area contributed by atoms with E-state index in [9.17, 15) is 9.18 Å². The van der Waals surface area contributed by atoms with Crippen molar-refractivity contribution in [2.24, 2.45) is 0 Å². The highest BCUT2D eigenvalue weighted by molar-refractivity contribution is 6.01. The number of aromatic amines is 1. The number of H-pyrrole nitrogens is 1. The van der Waals surface area contributed by atoms with Crippen LogP contribution in [0.2, 0.25) is 0 Å². The van der Waals surface area contributed by atoms with E-state index >= 15 is 0 Å². The molecule has 0 aliphatic rings. The van der Waals surface area contributed by atoms with Gasteiger partial charge in [0.2, 0.25) is 5.91 Å². The van der Waals surface area contributed by atoms with Crippen molar-refractivity contribution in [3.63, 3.8) is 0 Å². The van der Waals surface area contributed by atoms with E-state index in [1.807, 2.05) is 38.1 Å². The predicted octanol–water partition coefficient (Wildman–Crippen LogP) is 4.79. The average molecular weight is 324 g/mol. The number of aromatic nitrogens is 1. The number of carbonyl (C=O) groups excluding carboxylic acids is 1. The van der Waals surface area contributed by atoms with Crippen LogP contribution in [-0.2, 0) is 16.6 Å². The molecule has 124 valence electrons. The summed E-state index contributed by atoms with van der Waals surface area (Å²) in [6.07, 6.45) is 2.75. The van der Waals surface area contributed by atoms with Gasteiger partial charge in [0.25, 0.3) is 0 Å². The molecule has 3 rings (SSSR count). The lowest BCUT2D eigenvalue weighted by Crippen LogP contribution is -2.34. The van der Waals surface area contributed by atoms with Crippen molar-refractivity contribution in [3.05, 3.63) is 65.6 Å². The summed E-state index contributed by atoms with van der Waals surface area (Å²) in [6, 6.07) is 12.4. The molecule has 3 nitrogen and oxygen atoms in total.